The maximum atomic E-state index is 12.8. The minimum Gasteiger partial charge on any atom is -0.399 e. The lowest BCUT2D eigenvalue weighted by atomic mass is 10.1. The molecule has 2 aromatic carbocycles. The van der Waals surface area contributed by atoms with Gasteiger partial charge >= 0.3 is 0 Å². The van der Waals surface area contributed by atoms with Gasteiger partial charge in [-0.25, -0.2) is 0 Å². The SMILES string of the molecule is Cc1ccccc1C(=O)N1CCCN(c2ccc(N)cc2)CC1. The van der Waals surface area contributed by atoms with Crippen LogP contribution in [-0.2, 0) is 0 Å². The number of amides is 1. The van der Waals surface area contributed by atoms with Crippen LogP contribution in [-0.4, -0.2) is 37.0 Å². The quantitative estimate of drug-likeness (QED) is 0.868. The van der Waals surface area contributed by atoms with E-state index in [9.17, 15) is 4.79 Å². The maximum Gasteiger partial charge on any atom is 0.254 e. The number of nitrogens with two attached hydrogens (primary N) is 1. The molecule has 1 amide bonds. The number of rotatable bonds is 2. The van der Waals surface area contributed by atoms with Crippen LogP contribution >= 0.6 is 0 Å². The Hall–Kier alpha value is -2.49. The predicted molar refractivity (Wildman–Crippen MR) is 94.8 cm³/mol. The highest BCUT2D eigenvalue weighted by molar-refractivity contribution is 5.95. The zero-order chi connectivity index (χ0) is 16.2. The standard InChI is InChI=1S/C19H23N3O/c1-15-5-2-3-6-18(15)19(23)22-12-4-11-21(13-14-22)17-9-7-16(20)8-10-17/h2-3,5-10H,4,11-14,20H2,1H3. The van der Waals surface area contributed by atoms with Gasteiger partial charge in [-0.1, -0.05) is 18.2 Å². The lowest BCUT2D eigenvalue weighted by molar-refractivity contribution is 0.0766. The first-order chi connectivity index (χ1) is 11.1. The molecule has 4 nitrogen and oxygen atoms in total. The van der Waals surface area contributed by atoms with Gasteiger partial charge in [-0.3, -0.25) is 4.79 Å². The van der Waals surface area contributed by atoms with E-state index >= 15 is 0 Å². The summed E-state index contributed by atoms with van der Waals surface area (Å²) in [7, 11) is 0. The summed E-state index contributed by atoms with van der Waals surface area (Å²) in [5.74, 6) is 0.141. The van der Waals surface area contributed by atoms with Crippen molar-refractivity contribution >= 4 is 17.3 Å². The highest BCUT2D eigenvalue weighted by Crippen LogP contribution is 2.19. The number of carbonyl (C=O) groups excluding carboxylic acids is 1. The van der Waals surface area contributed by atoms with Crippen molar-refractivity contribution in [2.24, 2.45) is 0 Å². The molecule has 0 saturated carbocycles. The summed E-state index contributed by atoms with van der Waals surface area (Å²) in [5.41, 5.74) is 9.56. The second-order valence-electron chi connectivity index (χ2n) is 6.04. The van der Waals surface area contributed by atoms with Crippen LogP contribution in [0.4, 0.5) is 11.4 Å². The van der Waals surface area contributed by atoms with Gasteiger partial charge in [-0.2, -0.15) is 0 Å². The highest BCUT2D eigenvalue weighted by Gasteiger charge is 2.21. The van der Waals surface area contributed by atoms with Crippen molar-refractivity contribution in [3.05, 3.63) is 59.7 Å². The van der Waals surface area contributed by atoms with Gasteiger partial charge in [0.05, 0.1) is 0 Å². The van der Waals surface area contributed by atoms with Crippen molar-refractivity contribution in [1.82, 2.24) is 4.90 Å². The molecule has 0 spiro atoms. The molecule has 0 unspecified atom stereocenters. The van der Waals surface area contributed by atoms with Crippen LogP contribution in [0.3, 0.4) is 0 Å². The summed E-state index contributed by atoms with van der Waals surface area (Å²) in [6, 6.07) is 15.8. The fraction of sp³-hybridized carbons (Fsp3) is 0.316. The van der Waals surface area contributed by atoms with Crippen molar-refractivity contribution in [2.75, 3.05) is 36.8 Å². The molecule has 1 heterocycles. The molecule has 1 aliphatic rings. The minimum atomic E-state index is 0.141. The van der Waals surface area contributed by atoms with Gasteiger partial charge in [0.25, 0.3) is 5.91 Å². The van der Waals surface area contributed by atoms with Gasteiger partial charge in [-0.05, 0) is 49.2 Å². The summed E-state index contributed by atoms with van der Waals surface area (Å²) >= 11 is 0. The molecule has 1 saturated heterocycles. The number of hydrogen-bond acceptors (Lipinski definition) is 3. The molecular formula is C19H23N3O. The number of nitrogen functional groups attached to an aromatic ring is 1. The molecule has 0 aliphatic carbocycles. The van der Waals surface area contributed by atoms with E-state index in [0.717, 1.165) is 49.4 Å². The molecule has 4 heteroatoms. The fourth-order valence-electron chi connectivity index (χ4n) is 3.05. The van der Waals surface area contributed by atoms with Crippen molar-refractivity contribution in [3.63, 3.8) is 0 Å². The van der Waals surface area contributed by atoms with Crippen LogP contribution in [0.5, 0.6) is 0 Å². The molecule has 0 aromatic heterocycles. The van der Waals surface area contributed by atoms with E-state index in [-0.39, 0.29) is 5.91 Å². The fourth-order valence-corrected chi connectivity index (χ4v) is 3.05. The smallest absolute Gasteiger partial charge is 0.254 e. The van der Waals surface area contributed by atoms with Crippen LogP contribution in [0.15, 0.2) is 48.5 Å². The molecule has 1 aliphatic heterocycles. The number of nitrogens with zero attached hydrogens (tertiary/aromatic N) is 2. The third-order valence-electron chi connectivity index (χ3n) is 4.42. The van der Waals surface area contributed by atoms with E-state index < -0.39 is 0 Å². The molecule has 0 bridgehead atoms. The van der Waals surface area contributed by atoms with E-state index in [4.69, 9.17) is 5.73 Å². The van der Waals surface area contributed by atoms with Crippen LogP contribution in [0.2, 0.25) is 0 Å². The van der Waals surface area contributed by atoms with Gasteiger partial charge < -0.3 is 15.5 Å². The Morgan fingerprint density at radius 2 is 1.70 bits per heavy atom. The lowest BCUT2D eigenvalue weighted by Gasteiger charge is -2.24. The summed E-state index contributed by atoms with van der Waals surface area (Å²) < 4.78 is 0. The Labute approximate surface area is 137 Å². The Morgan fingerprint density at radius 3 is 2.43 bits per heavy atom. The minimum absolute atomic E-state index is 0.141. The van der Waals surface area contributed by atoms with Gasteiger partial charge in [0.15, 0.2) is 0 Å². The highest BCUT2D eigenvalue weighted by atomic mass is 16.2. The van der Waals surface area contributed by atoms with Crippen LogP contribution < -0.4 is 10.6 Å². The Morgan fingerprint density at radius 1 is 0.957 bits per heavy atom. The average molecular weight is 309 g/mol. The first-order valence-corrected chi connectivity index (χ1v) is 8.10. The summed E-state index contributed by atoms with van der Waals surface area (Å²) in [6.45, 7) is 5.35. The first kappa shape index (κ1) is 15.4. The van der Waals surface area contributed by atoms with E-state index in [2.05, 4.69) is 4.90 Å². The van der Waals surface area contributed by atoms with E-state index in [0.29, 0.717) is 0 Å². The first-order valence-electron chi connectivity index (χ1n) is 8.10. The Kier molecular flexibility index (Phi) is 4.51. The molecule has 0 radical (unpaired) electrons. The predicted octanol–water partition coefficient (Wildman–Crippen LogP) is 2.93. The van der Waals surface area contributed by atoms with Crippen LogP contribution in [0.25, 0.3) is 0 Å². The molecule has 2 N–H and O–H groups in total. The second-order valence-corrected chi connectivity index (χ2v) is 6.04. The van der Waals surface area contributed by atoms with Crippen molar-refractivity contribution in [1.29, 1.82) is 0 Å². The third-order valence-corrected chi connectivity index (χ3v) is 4.42. The average Bonchev–Trinajstić information content (AvgIpc) is 2.81. The Balaban J connectivity index is 1.70. The number of hydrogen-bond donors (Lipinski definition) is 1. The lowest BCUT2D eigenvalue weighted by Crippen LogP contribution is -2.35. The molecule has 120 valence electrons. The van der Waals surface area contributed by atoms with Crippen molar-refractivity contribution < 1.29 is 4.79 Å². The topological polar surface area (TPSA) is 49.6 Å². The van der Waals surface area contributed by atoms with Crippen molar-refractivity contribution in [2.45, 2.75) is 13.3 Å². The molecule has 2 aromatic rings. The normalized spacial score (nSPS) is 15.3. The zero-order valence-electron chi connectivity index (χ0n) is 13.5. The van der Waals surface area contributed by atoms with E-state index in [1.165, 1.54) is 5.69 Å². The van der Waals surface area contributed by atoms with Crippen LogP contribution in [0, 0.1) is 6.92 Å². The van der Waals surface area contributed by atoms with Gasteiger partial charge in [-0.15, -0.1) is 0 Å². The third kappa shape index (κ3) is 3.47. The largest absolute Gasteiger partial charge is 0.399 e. The molecule has 3 rings (SSSR count). The monoisotopic (exact) mass is 309 g/mol. The number of benzene rings is 2. The Bertz CT molecular complexity index is 681. The van der Waals surface area contributed by atoms with Crippen LogP contribution in [0.1, 0.15) is 22.3 Å². The van der Waals surface area contributed by atoms with Gasteiger partial charge in [0.2, 0.25) is 0 Å². The summed E-state index contributed by atoms with van der Waals surface area (Å²) in [5, 5.41) is 0. The number of carbonyl (C=O) groups is 1. The molecular weight excluding hydrogens is 286 g/mol. The maximum absolute atomic E-state index is 12.8. The zero-order valence-corrected chi connectivity index (χ0v) is 13.5. The second kappa shape index (κ2) is 6.73. The van der Waals surface area contributed by atoms with E-state index in [1.54, 1.807) is 0 Å². The molecule has 1 fully saturated rings. The van der Waals surface area contributed by atoms with Gasteiger partial charge in [0, 0.05) is 43.1 Å². The number of aryl methyl sites for hydroxylation is 1. The van der Waals surface area contributed by atoms with Gasteiger partial charge in [0.1, 0.15) is 0 Å². The molecule has 23 heavy (non-hydrogen) atoms. The summed E-state index contributed by atoms with van der Waals surface area (Å²) in [6.07, 6.45) is 0.974. The van der Waals surface area contributed by atoms with E-state index in [1.807, 2.05) is 60.4 Å². The molecule has 0 atom stereocenters. The van der Waals surface area contributed by atoms with Crippen molar-refractivity contribution in [3.8, 4) is 0 Å². The summed E-state index contributed by atoms with van der Waals surface area (Å²) in [4.78, 5) is 17.0. The number of anilines is 2.